The minimum Gasteiger partial charge on any atom is -0.160 e. The van der Waals surface area contributed by atoms with Gasteiger partial charge in [0.25, 0.3) is 0 Å². The van der Waals surface area contributed by atoms with E-state index >= 15 is 0 Å². The summed E-state index contributed by atoms with van der Waals surface area (Å²) in [6, 6.07) is 44.6. The Hall–Kier alpha value is -4.49. The summed E-state index contributed by atoms with van der Waals surface area (Å²) in [5, 5.41) is 2.63. The molecule has 0 bridgehead atoms. The molecule has 1 aromatic heterocycles. The number of nitrogens with zero attached hydrogens (tertiary/aromatic N) is 1. The van der Waals surface area contributed by atoms with Crippen LogP contribution in [0.5, 0.6) is 0 Å². The second-order valence-electron chi connectivity index (χ2n) is 9.96. The summed E-state index contributed by atoms with van der Waals surface area (Å²) in [6.45, 7) is 0. The molecule has 0 radical (unpaired) electrons. The Morgan fingerprint density at radius 2 is 1.28 bits per heavy atom. The van der Waals surface area contributed by atoms with Gasteiger partial charge in [0.05, 0.1) is 18.4 Å². The van der Waals surface area contributed by atoms with Crippen molar-refractivity contribution in [1.29, 1.82) is 0 Å². The van der Waals surface area contributed by atoms with Gasteiger partial charge in [0, 0.05) is 23.3 Å². The van der Waals surface area contributed by atoms with Crippen molar-refractivity contribution in [3.8, 4) is 39.1 Å². The van der Waals surface area contributed by atoms with Crippen LogP contribution in [0.25, 0.3) is 49.8 Å². The number of rotatable bonds is 2. The van der Waals surface area contributed by atoms with Gasteiger partial charge in [0.2, 0.25) is 5.69 Å². The first-order valence-corrected chi connectivity index (χ1v) is 12.7. The van der Waals surface area contributed by atoms with Crippen LogP contribution in [0.1, 0.15) is 22.5 Å². The predicted molar refractivity (Wildman–Crippen MR) is 147 cm³/mol. The van der Waals surface area contributed by atoms with Crippen molar-refractivity contribution in [2.75, 3.05) is 0 Å². The molecule has 1 aliphatic heterocycles. The van der Waals surface area contributed by atoms with E-state index in [1.54, 1.807) is 0 Å². The normalized spacial score (nSPS) is 12.8. The maximum absolute atomic E-state index is 2.53. The first-order valence-electron chi connectivity index (χ1n) is 12.7. The molecule has 5 aromatic carbocycles. The maximum Gasteiger partial charge on any atom is 0.214 e. The summed E-state index contributed by atoms with van der Waals surface area (Å²) in [5.41, 5.74) is 14.9. The van der Waals surface area contributed by atoms with Gasteiger partial charge >= 0.3 is 0 Å². The van der Waals surface area contributed by atoms with Crippen molar-refractivity contribution < 1.29 is 4.57 Å². The number of fused-ring (bicyclic) bond motifs is 8. The van der Waals surface area contributed by atoms with Crippen molar-refractivity contribution in [2.45, 2.75) is 12.8 Å². The molecule has 1 heteroatoms. The van der Waals surface area contributed by atoms with Crippen molar-refractivity contribution in [1.82, 2.24) is 0 Å². The quantitative estimate of drug-likeness (QED) is 0.232. The van der Waals surface area contributed by atoms with E-state index in [0.717, 1.165) is 12.8 Å². The number of pyridine rings is 1. The SMILES string of the molecule is c1ccc(-c2cccc(-c3c4c(cc5ccccc35)Cc3c-4ccc4[n+]3-c3ccccc3C4)c2)cc1. The molecular weight excluding hydrogens is 434 g/mol. The third-order valence-electron chi connectivity index (χ3n) is 7.93. The van der Waals surface area contributed by atoms with Crippen molar-refractivity contribution in [3.63, 3.8) is 0 Å². The van der Waals surface area contributed by atoms with Crippen LogP contribution in [0.3, 0.4) is 0 Å². The molecule has 1 aliphatic carbocycles. The van der Waals surface area contributed by atoms with Gasteiger partial charge in [0.1, 0.15) is 0 Å². The number of hydrogen-bond acceptors (Lipinski definition) is 0. The highest BCUT2D eigenvalue weighted by Crippen LogP contribution is 2.47. The highest BCUT2D eigenvalue weighted by molar-refractivity contribution is 6.07. The van der Waals surface area contributed by atoms with E-state index in [9.17, 15) is 0 Å². The second kappa shape index (κ2) is 7.50. The van der Waals surface area contributed by atoms with E-state index in [1.165, 1.54) is 72.4 Å². The smallest absolute Gasteiger partial charge is 0.160 e. The average molecular weight is 459 g/mol. The predicted octanol–water partition coefficient (Wildman–Crippen LogP) is 7.93. The topological polar surface area (TPSA) is 3.88 Å². The van der Waals surface area contributed by atoms with Gasteiger partial charge in [-0.15, -0.1) is 0 Å². The summed E-state index contributed by atoms with van der Waals surface area (Å²) in [6.07, 6.45) is 1.97. The summed E-state index contributed by atoms with van der Waals surface area (Å²) in [5.74, 6) is 0. The van der Waals surface area contributed by atoms with E-state index in [1.807, 2.05) is 0 Å². The minimum atomic E-state index is 0.961. The summed E-state index contributed by atoms with van der Waals surface area (Å²) in [4.78, 5) is 0. The molecule has 2 heterocycles. The van der Waals surface area contributed by atoms with Gasteiger partial charge in [-0.05, 0) is 56.8 Å². The lowest BCUT2D eigenvalue weighted by Crippen LogP contribution is -2.36. The molecule has 0 saturated carbocycles. The Morgan fingerprint density at radius 1 is 0.500 bits per heavy atom. The fourth-order valence-corrected chi connectivity index (χ4v) is 6.38. The molecule has 0 spiro atoms. The minimum absolute atomic E-state index is 0.961. The van der Waals surface area contributed by atoms with Gasteiger partial charge in [-0.1, -0.05) is 91.0 Å². The molecule has 8 rings (SSSR count). The lowest BCUT2D eigenvalue weighted by Gasteiger charge is -2.15. The Labute approximate surface area is 210 Å². The largest absolute Gasteiger partial charge is 0.214 e. The molecule has 1 nitrogen and oxygen atoms in total. The second-order valence-corrected chi connectivity index (χ2v) is 9.96. The average Bonchev–Trinajstić information content (AvgIpc) is 3.50. The van der Waals surface area contributed by atoms with Crippen LogP contribution >= 0.6 is 0 Å². The van der Waals surface area contributed by atoms with E-state index in [-0.39, 0.29) is 0 Å². The molecule has 0 atom stereocenters. The van der Waals surface area contributed by atoms with E-state index in [2.05, 4.69) is 126 Å². The molecule has 0 N–H and O–H groups in total. The van der Waals surface area contributed by atoms with Gasteiger partial charge < -0.3 is 0 Å². The van der Waals surface area contributed by atoms with Crippen LogP contribution in [0, 0.1) is 0 Å². The van der Waals surface area contributed by atoms with Crippen LogP contribution in [-0.2, 0) is 12.8 Å². The Morgan fingerprint density at radius 3 is 2.22 bits per heavy atom. The zero-order valence-corrected chi connectivity index (χ0v) is 19.9. The van der Waals surface area contributed by atoms with Crippen LogP contribution < -0.4 is 4.57 Å². The van der Waals surface area contributed by atoms with Gasteiger partial charge in [-0.3, -0.25) is 0 Å². The molecule has 0 amide bonds. The lowest BCUT2D eigenvalue weighted by molar-refractivity contribution is -0.604. The zero-order valence-electron chi connectivity index (χ0n) is 19.9. The molecule has 168 valence electrons. The van der Waals surface area contributed by atoms with Gasteiger partial charge in [-0.2, -0.15) is 4.57 Å². The lowest BCUT2D eigenvalue weighted by atomic mass is 9.88. The Bertz CT molecular complexity index is 1830. The standard InChI is InChI=1S/C35H24N/c1-2-9-23(10-3-1)24-13-8-14-27(19-24)34-30-15-6-4-11-25(30)20-28-22-33-31(35(28)34)18-17-29-21-26-12-5-7-16-32(26)36(29)33/h1-20H,21-22H2/q+1. The molecule has 0 saturated heterocycles. The number of aromatic nitrogens is 1. The highest BCUT2D eigenvalue weighted by Gasteiger charge is 2.37. The summed E-state index contributed by atoms with van der Waals surface area (Å²) in [7, 11) is 0. The zero-order chi connectivity index (χ0) is 23.6. The van der Waals surface area contributed by atoms with Crippen LogP contribution in [0.4, 0.5) is 0 Å². The Balaban J connectivity index is 1.41. The fraction of sp³-hybridized carbons (Fsp3) is 0.0571. The molecular formula is C35H24N+. The fourth-order valence-electron chi connectivity index (χ4n) is 6.38. The van der Waals surface area contributed by atoms with Crippen molar-refractivity contribution >= 4 is 10.8 Å². The van der Waals surface area contributed by atoms with Gasteiger partial charge in [0.15, 0.2) is 11.4 Å². The maximum atomic E-state index is 2.53. The molecule has 36 heavy (non-hydrogen) atoms. The van der Waals surface area contributed by atoms with Crippen LogP contribution in [0.15, 0.2) is 121 Å². The molecule has 6 aromatic rings. The molecule has 2 aliphatic rings. The monoisotopic (exact) mass is 458 g/mol. The third kappa shape index (κ3) is 2.80. The summed E-state index contributed by atoms with van der Waals surface area (Å²) < 4.78 is 2.53. The third-order valence-corrected chi connectivity index (χ3v) is 7.93. The van der Waals surface area contributed by atoms with Crippen LogP contribution in [0.2, 0.25) is 0 Å². The van der Waals surface area contributed by atoms with E-state index < -0.39 is 0 Å². The van der Waals surface area contributed by atoms with Gasteiger partial charge in [-0.25, -0.2) is 0 Å². The molecule has 0 fully saturated rings. The van der Waals surface area contributed by atoms with E-state index in [4.69, 9.17) is 0 Å². The highest BCUT2D eigenvalue weighted by atomic mass is 15.0. The summed E-state index contributed by atoms with van der Waals surface area (Å²) >= 11 is 0. The number of benzene rings is 5. The van der Waals surface area contributed by atoms with Crippen molar-refractivity contribution in [2.24, 2.45) is 0 Å². The Kier molecular flexibility index (Phi) is 4.12. The first-order chi connectivity index (χ1) is 17.8. The first kappa shape index (κ1) is 19.8. The molecule has 0 unspecified atom stereocenters. The van der Waals surface area contributed by atoms with E-state index in [0.29, 0.717) is 0 Å². The van der Waals surface area contributed by atoms with Crippen molar-refractivity contribution in [3.05, 3.63) is 144 Å². The number of hydrogen-bond donors (Lipinski definition) is 0. The van der Waals surface area contributed by atoms with Crippen LogP contribution in [-0.4, -0.2) is 0 Å². The number of para-hydroxylation sites is 1.